The molecule has 0 aliphatic rings. The van der Waals surface area contributed by atoms with E-state index in [0.29, 0.717) is 0 Å². The molecule has 0 saturated carbocycles. The minimum atomic E-state index is 0. The average Bonchev–Trinajstić information content (AvgIpc) is 0.918. The Kier molecular flexibility index (Phi) is 25.8. The number of nitrogens with zero attached hydrogens (tertiary/aromatic N) is 1. The monoisotopic (exact) mass is 51.0 g/mol. The fraction of sp³-hybridized carbons (Fsp3) is 0. The largest absolute Gasteiger partial charge is 1.00 e. The third kappa shape index (κ3) is 518. The van der Waals surface area contributed by atoms with Crippen LogP contribution in [0.15, 0.2) is 5.16 Å². The van der Waals surface area contributed by atoms with Crippen LogP contribution in [0, 0.1) is 0 Å². The minimum absolute atomic E-state index is 0. The standard InChI is InChI=1S/CH2NO.Li/c1-2-3;/h1,3H;/q-1;+1. The van der Waals surface area contributed by atoms with Gasteiger partial charge in [-0.2, -0.15) is 0 Å². The van der Waals surface area contributed by atoms with E-state index in [9.17, 15) is 0 Å². The Morgan fingerprint density at radius 1 is 1.75 bits per heavy atom. The van der Waals surface area contributed by atoms with E-state index in [1.54, 1.807) is 0 Å². The maximum atomic E-state index is 6.97. The summed E-state index contributed by atoms with van der Waals surface area (Å²) < 4.78 is 0. The molecule has 1 N–H and O–H groups in total. The third-order valence-corrected chi connectivity index (χ3v) is 0. The molecular formula is CH2LiNO. The van der Waals surface area contributed by atoms with Crippen molar-refractivity contribution in [3.8, 4) is 0 Å². The summed E-state index contributed by atoms with van der Waals surface area (Å²) in [6, 6.07) is 0. The Morgan fingerprint density at radius 3 is 1.75 bits per heavy atom. The predicted molar refractivity (Wildman–Crippen MR) is 10.3 cm³/mol. The molecule has 4 heavy (non-hydrogen) atoms. The Labute approximate surface area is 36.7 Å². The SMILES string of the molecule is [CH-]=NO.[Li+]. The molecule has 0 saturated heterocycles. The normalized spacial score (nSPS) is 3.00. The van der Waals surface area contributed by atoms with E-state index in [2.05, 4.69) is 6.72 Å². The van der Waals surface area contributed by atoms with Gasteiger partial charge in [0.05, 0.1) is 0 Å². The molecule has 0 bridgehead atoms. The van der Waals surface area contributed by atoms with Crippen molar-refractivity contribution in [1.29, 1.82) is 0 Å². The van der Waals surface area contributed by atoms with Gasteiger partial charge in [0.25, 0.3) is 0 Å². The summed E-state index contributed by atoms with van der Waals surface area (Å²) >= 11 is 0. The summed E-state index contributed by atoms with van der Waals surface area (Å²) in [5.74, 6) is 0. The molecule has 0 spiro atoms. The fourth-order valence-corrected chi connectivity index (χ4v) is 0. The van der Waals surface area contributed by atoms with Gasteiger partial charge in [-0.1, -0.05) is 0 Å². The van der Waals surface area contributed by atoms with E-state index >= 15 is 0 Å². The number of rotatable bonds is 0. The Bertz CT molecular complexity index is 15.5. The molecule has 0 heterocycles. The van der Waals surface area contributed by atoms with Crippen molar-refractivity contribution < 1.29 is 24.1 Å². The summed E-state index contributed by atoms with van der Waals surface area (Å²) in [5.41, 5.74) is 0. The van der Waals surface area contributed by atoms with Crippen LogP contribution < -0.4 is 18.9 Å². The van der Waals surface area contributed by atoms with E-state index < -0.39 is 0 Å². The molecule has 0 aliphatic carbocycles. The van der Waals surface area contributed by atoms with E-state index in [1.807, 2.05) is 5.16 Å². The van der Waals surface area contributed by atoms with Crippen LogP contribution >= 0.6 is 0 Å². The Morgan fingerprint density at radius 2 is 1.75 bits per heavy atom. The summed E-state index contributed by atoms with van der Waals surface area (Å²) in [4.78, 5) is 0. The first kappa shape index (κ1) is 8.95. The second-order valence-electron chi connectivity index (χ2n) is 0.115. The van der Waals surface area contributed by atoms with E-state index in [4.69, 9.17) is 5.21 Å². The summed E-state index contributed by atoms with van der Waals surface area (Å²) in [6.07, 6.45) is 0. The maximum Gasteiger partial charge on any atom is 1.00 e. The van der Waals surface area contributed by atoms with Gasteiger partial charge in [0.2, 0.25) is 0 Å². The zero-order chi connectivity index (χ0) is 2.71. The predicted octanol–water partition coefficient (Wildman–Crippen LogP) is -3.04. The molecule has 0 aromatic carbocycles. The van der Waals surface area contributed by atoms with Crippen LogP contribution in [0.4, 0.5) is 0 Å². The van der Waals surface area contributed by atoms with Crippen molar-refractivity contribution >= 4 is 6.72 Å². The van der Waals surface area contributed by atoms with Gasteiger partial charge in [-0.25, -0.2) is 0 Å². The molecule has 3 heteroatoms. The van der Waals surface area contributed by atoms with Crippen LogP contribution in [0.25, 0.3) is 0 Å². The van der Waals surface area contributed by atoms with Gasteiger partial charge in [-0.15, -0.1) is 0 Å². The molecule has 0 amide bonds. The molecule has 0 aromatic heterocycles. The number of hydrogen-bond acceptors (Lipinski definition) is 2. The van der Waals surface area contributed by atoms with Crippen LogP contribution in [0.3, 0.4) is 0 Å². The van der Waals surface area contributed by atoms with Crippen molar-refractivity contribution in [2.24, 2.45) is 5.16 Å². The van der Waals surface area contributed by atoms with Crippen molar-refractivity contribution in [3.63, 3.8) is 0 Å². The third-order valence-electron chi connectivity index (χ3n) is 0. The Balaban J connectivity index is 0. The molecule has 0 unspecified atom stereocenters. The van der Waals surface area contributed by atoms with Gasteiger partial charge in [-0.3, -0.25) is 0 Å². The van der Waals surface area contributed by atoms with Gasteiger partial charge in [0.1, 0.15) is 0 Å². The van der Waals surface area contributed by atoms with Crippen LogP contribution in [0.5, 0.6) is 0 Å². The molecule has 0 aromatic rings. The fourth-order valence-electron chi connectivity index (χ4n) is 0. The maximum absolute atomic E-state index is 6.97. The first-order valence-corrected chi connectivity index (χ1v) is 0.458. The summed E-state index contributed by atoms with van der Waals surface area (Å²) in [6.45, 7) is 4.03. The van der Waals surface area contributed by atoms with Gasteiger partial charge in [0, 0.05) is 0 Å². The van der Waals surface area contributed by atoms with Crippen molar-refractivity contribution in [2.45, 2.75) is 0 Å². The molecule has 0 radical (unpaired) electrons. The molecular weight excluding hydrogens is 49.0 g/mol. The van der Waals surface area contributed by atoms with E-state index in [0.717, 1.165) is 0 Å². The van der Waals surface area contributed by atoms with E-state index in [-0.39, 0.29) is 18.9 Å². The van der Waals surface area contributed by atoms with Crippen molar-refractivity contribution in [3.05, 3.63) is 0 Å². The molecule has 0 fully saturated rings. The molecule has 18 valence electrons. The van der Waals surface area contributed by atoms with Crippen LogP contribution in [-0.2, 0) is 0 Å². The second-order valence-corrected chi connectivity index (χ2v) is 0.115. The number of hydrogen-bond donors (Lipinski definition) is 1. The molecule has 2 nitrogen and oxygen atoms in total. The van der Waals surface area contributed by atoms with E-state index in [1.165, 1.54) is 0 Å². The van der Waals surface area contributed by atoms with Gasteiger partial charge < -0.3 is 17.1 Å². The quantitative estimate of drug-likeness (QED) is 0.102. The summed E-state index contributed by atoms with van der Waals surface area (Å²) in [5, 5.41) is 8.97. The van der Waals surface area contributed by atoms with Gasteiger partial charge in [0.15, 0.2) is 0 Å². The zero-order valence-electron chi connectivity index (χ0n) is 2.47. The zero-order valence-corrected chi connectivity index (χ0v) is 2.47. The van der Waals surface area contributed by atoms with Gasteiger partial charge >= 0.3 is 18.9 Å². The van der Waals surface area contributed by atoms with Crippen molar-refractivity contribution in [1.82, 2.24) is 0 Å². The van der Waals surface area contributed by atoms with Crippen molar-refractivity contribution in [2.75, 3.05) is 0 Å². The summed E-state index contributed by atoms with van der Waals surface area (Å²) in [7, 11) is 0. The first-order valence-electron chi connectivity index (χ1n) is 0.458. The molecule has 0 aliphatic heterocycles. The van der Waals surface area contributed by atoms with Crippen LogP contribution in [0.1, 0.15) is 0 Å². The molecule has 0 atom stereocenters. The average molecular weight is 51.0 g/mol. The topological polar surface area (TPSA) is 32.6 Å². The first-order chi connectivity index (χ1) is 1.41. The molecule has 0 rings (SSSR count). The second kappa shape index (κ2) is 11.5. The Hall–Kier alpha value is 0.0674. The smallest absolute Gasteiger partial charge is 0.448 e. The van der Waals surface area contributed by atoms with Gasteiger partial charge in [-0.05, 0) is 0 Å². The van der Waals surface area contributed by atoms with Crippen LogP contribution in [-0.4, -0.2) is 11.9 Å². The van der Waals surface area contributed by atoms with Crippen LogP contribution in [0.2, 0.25) is 0 Å². The minimum Gasteiger partial charge on any atom is -0.448 e.